The predicted octanol–water partition coefficient (Wildman–Crippen LogP) is 4.04. The number of nitrogens with one attached hydrogen (secondary N) is 1. The van der Waals surface area contributed by atoms with Gasteiger partial charge in [0, 0.05) is 31.4 Å². The second-order valence-corrected chi connectivity index (χ2v) is 7.54. The minimum atomic E-state index is -4.53. The van der Waals surface area contributed by atoms with Gasteiger partial charge in [-0.05, 0) is 36.2 Å². The molecule has 0 saturated carbocycles. The van der Waals surface area contributed by atoms with Crippen molar-refractivity contribution in [1.29, 1.82) is 0 Å². The van der Waals surface area contributed by atoms with Crippen molar-refractivity contribution in [2.45, 2.75) is 25.6 Å². The fourth-order valence-electron chi connectivity index (χ4n) is 3.35. The van der Waals surface area contributed by atoms with Crippen LogP contribution in [0.3, 0.4) is 0 Å². The van der Waals surface area contributed by atoms with Crippen molar-refractivity contribution in [3.05, 3.63) is 75.3 Å². The molecule has 0 atom stereocenters. The van der Waals surface area contributed by atoms with Gasteiger partial charge < -0.3 is 10.2 Å². The van der Waals surface area contributed by atoms with Crippen LogP contribution in [0, 0.1) is 0 Å². The molecule has 0 bridgehead atoms. The van der Waals surface area contributed by atoms with E-state index in [1.165, 1.54) is 6.20 Å². The van der Waals surface area contributed by atoms with E-state index in [2.05, 4.69) is 15.4 Å². The van der Waals surface area contributed by atoms with Gasteiger partial charge in [-0.2, -0.15) is 23.0 Å². The Bertz CT molecular complexity index is 1210. The molecule has 0 spiro atoms. The zero-order valence-corrected chi connectivity index (χ0v) is 17.3. The molecule has 1 aromatic carbocycles. The van der Waals surface area contributed by atoms with Gasteiger partial charge in [-0.15, -0.1) is 0 Å². The number of nitrogens with zero attached hydrogens (tertiary/aromatic N) is 4. The van der Waals surface area contributed by atoms with Crippen molar-refractivity contribution < 1.29 is 18.0 Å². The van der Waals surface area contributed by atoms with Gasteiger partial charge >= 0.3 is 6.18 Å². The highest BCUT2D eigenvalue weighted by Crippen LogP contribution is 2.29. The Morgan fingerprint density at radius 1 is 1.12 bits per heavy atom. The van der Waals surface area contributed by atoms with Crippen LogP contribution in [0.5, 0.6) is 0 Å². The molecule has 0 radical (unpaired) electrons. The number of halogens is 4. The predicted molar refractivity (Wildman–Crippen MR) is 113 cm³/mol. The number of amides is 1. The summed E-state index contributed by atoms with van der Waals surface area (Å²) in [7, 11) is 0. The number of pyridine rings is 1. The molecule has 1 aliphatic heterocycles. The Morgan fingerprint density at radius 3 is 2.59 bits per heavy atom. The van der Waals surface area contributed by atoms with E-state index in [1.807, 2.05) is 24.3 Å². The third kappa shape index (κ3) is 4.45. The normalized spacial score (nSPS) is 14.1. The summed E-state index contributed by atoms with van der Waals surface area (Å²) in [5.41, 5.74) is 0.283. The summed E-state index contributed by atoms with van der Waals surface area (Å²) in [4.78, 5) is 29.9. The number of hydrogen-bond acceptors (Lipinski definition) is 5. The molecule has 0 aliphatic carbocycles. The molecule has 3 aromatic rings. The van der Waals surface area contributed by atoms with Crippen LogP contribution in [0.2, 0.25) is 5.02 Å². The highest BCUT2D eigenvalue weighted by atomic mass is 35.5. The van der Waals surface area contributed by atoms with Gasteiger partial charge in [0.1, 0.15) is 5.02 Å². The van der Waals surface area contributed by atoms with Crippen LogP contribution in [0.15, 0.2) is 53.6 Å². The quantitative estimate of drug-likeness (QED) is 0.617. The average Bonchev–Trinajstić information content (AvgIpc) is 3.20. The topological polar surface area (TPSA) is 80.1 Å². The summed E-state index contributed by atoms with van der Waals surface area (Å²) in [6, 6.07) is 9.31. The van der Waals surface area contributed by atoms with Gasteiger partial charge in [0.15, 0.2) is 5.82 Å². The summed E-state index contributed by atoms with van der Waals surface area (Å²) >= 11 is 6.18. The van der Waals surface area contributed by atoms with Crippen molar-refractivity contribution in [2.75, 3.05) is 16.8 Å². The SMILES string of the molecule is O=C1CCCN1c1cccc(CNc2cnn(-c3ccc(C(F)(F)F)cn3)c(=O)c2Cl)c1. The maximum Gasteiger partial charge on any atom is 0.417 e. The molecule has 1 amide bonds. The van der Waals surface area contributed by atoms with E-state index in [1.54, 1.807) is 4.90 Å². The van der Waals surface area contributed by atoms with Crippen molar-refractivity contribution >= 4 is 28.9 Å². The van der Waals surface area contributed by atoms with Crippen molar-refractivity contribution in [3.63, 3.8) is 0 Å². The molecule has 1 N–H and O–H groups in total. The Balaban J connectivity index is 1.51. The van der Waals surface area contributed by atoms with Gasteiger partial charge in [-0.1, -0.05) is 23.7 Å². The van der Waals surface area contributed by atoms with E-state index in [0.29, 0.717) is 25.7 Å². The van der Waals surface area contributed by atoms with E-state index < -0.39 is 17.3 Å². The first-order valence-corrected chi connectivity index (χ1v) is 10.1. The van der Waals surface area contributed by atoms with Gasteiger partial charge in [0.2, 0.25) is 5.91 Å². The highest BCUT2D eigenvalue weighted by molar-refractivity contribution is 6.32. The number of rotatable bonds is 5. The summed E-state index contributed by atoms with van der Waals surface area (Å²) < 4.78 is 38.9. The lowest BCUT2D eigenvalue weighted by Crippen LogP contribution is -2.24. The first-order valence-electron chi connectivity index (χ1n) is 9.68. The largest absolute Gasteiger partial charge is 0.417 e. The van der Waals surface area contributed by atoms with Gasteiger partial charge in [0.25, 0.3) is 5.56 Å². The molecule has 11 heteroatoms. The van der Waals surface area contributed by atoms with E-state index >= 15 is 0 Å². The lowest BCUT2D eigenvalue weighted by atomic mass is 10.2. The van der Waals surface area contributed by atoms with Crippen LogP contribution in [0.4, 0.5) is 24.5 Å². The van der Waals surface area contributed by atoms with Crippen LogP contribution >= 0.6 is 11.6 Å². The lowest BCUT2D eigenvalue weighted by Gasteiger charge is -2.17. The van der Waals surface area contributed by atoms with Gasteiger partial charge in [0.05, 0.1) is 17.4 Å². The summed E-state index contributed by atoms with van der Waals surface area (Å²) in [5.74, 6) is 0.00210. The molecule has 32 heavy (non-hydrogen) atoms. The minimum Gasteiger partial charge on any atom is -0.378 e. The number of carbonyl (C=O) groups is 1. The molecule has 0 unspecified atom stereocenters. The molecule has 1 saturated heterocycles. The van der Waals surface area contributed by atoms with Crippen molar-refractivity contribution in [2.24, 2.45) is 0 Å². The monoisotopic (exact) mass is 463 g/mol. The Kier molecular flexibility index (Phi) is 5.88. The van der Waals surface area contributed by atoms with E-state index in [4.69, 9.17) is 11.6 Å². The fourth-order valence-corrected chi connectivity index (χ4v) is 3.55. The lowest BCUT2D eigenvalue weighted by molar-refractivity contribution is -0.137. The third-order valence-electron chi connectivity index (χ3n) is 4.99. The number of anilines is 2. The molecule has 166 valence electrons. The van der Waals surface area contributed by atoms with Gasteiger partial charge in [-0.3, -0.25) is 9.59 Å². The summed E-state index contributed by atoms with van der Waals surface area (Å²) in [5, 5.41) is 6.82. The fraction of sp³-hybridized carbons (Fsp3) is 0.238. The summed E-state index contributed by atoms with van der Waals surface area (Å²) in [6.07, 6.45) is -1.24. The van der Waals surface area contributed by atoms with E-state index in [0.717, 1.165) is 34.5 Å². The number of alkyl halides is 3. The zero-order valence-electron chi connectivity index (χ0n) is 16.6. The minimum absolute atomic E-state index is 0.0839. The molecule has 1 fully saturated rings. The number of carbonyl (C=O) groups excluding carboxylic acids is 1. The average molecular weight is 464 g/mol. The molecule has 4 rings (SSSR count). The van der Waals surface area contributed by atoms with Crippen LogP contribution in [-0.4, -0.2) is 27.2 Å². The Morgan fingerprint density at radius 2 is 1.94 bits per heavy atom. The highest BCUT2D eigenvalue weighted by Gasteiger charge is 2.30. The third-order valence-corrected chi connectivity index (χ3v) is 5.35. The number of hydrogen-bond donors (Lipinski definition) is 1. The van der Waals surface area contributed by atoms with Crippen LogP contribution < -0.4 is 15.8 Å². The second-order valence-electron chi connectivity index (χ2n) is 7.16. The first-order chi connectivity index (χ1) is 15.2. The van der Waals surface area contributed by atoms with E-state index in [-0.39, 0.29) is 22.4 Å². The smallest absolute Gasteiger partial charge is 0.378 e. The molecule has 2 aromatic heterocycles. The molecule has 7 nitrogen and oxygen atoms in total. The van der Waals surface area contributed by atoms with Crippen LogP contribution in [-0.2, 0) is 17.5 Å². The van der Waals surface area contributed by atoms with Crippen LogP contribution in [0.25, 0.3) is 5.82 Å². The van der Waals surface area contributed by atoms with Crippen molar-refractivity contribution in [3.8, 4) is 5.82 Å². The van der Waals surface area contributed by atoms with Crippen molar-refractivity contribution in [1.82, 2.24) is 14.8 Å². The number of benzene rings is 1. The maximum atomic E-state index is 12.7. The van der Waals surface area contributed by atoms with Crippen LogP contribution in [0.1, 0.15) is 24.0 Å². The van der Waals surface area contributed by atoms with Gasteiger partial charge in [-0.25, -0.2) is 4.98 Å². The number of aromatic nitrogens is 3. The first kappa shape index (κ1) is 21.8. The molecule has 3 heterocycles. The molecule has 1 aliphatic rings. The molecular weight excluding hydrogens is 447 g/mol. The standard InChI is InChI=1S/C21H17ClF3N5O2/c22-19-16(26-10-13-3-1-4-15(9-13)29-8-2-5-18(29)31)12-28-30(20(19)32)17-7-6-14(11-27-17)21(23,24)25/h1,3-4,6-7,9,11-12,26H,2,5,8,10H2. The second kappa shape index (κ2) is 8.62. The Labute approximate surface area is 185 Å². The van der Waals surface area contributed by atoms with E-state index in [9.17, 15) is 22.8 Å². The molecular formula is C21H17ClF3N5O2. The maximum absolute atomic E-state index is 12.7. The zero-order chi connectivity index (χ0) is 22.9. The summed E-state index contributed by atoms with van der Waals surface area (Å²) in [6.45, 7) is 1.00. The Hall–Kier alpha value is -3.40.